The molecule has 0 amide bonds. The van der Waals surface area contributed by atoms with Gasteiger partial charge in [0.15, 0.2) is 0 Å². The molecule has 3 rings (SSSR count). The Hall–Kier alpha value is -1.35. The van der Waals surface area contributed by atoms with Gasteiger partial charge in [0.2, 0.25) is 0 Å². The first-order valence-electron chi connectivity index (χ1n) is 6.57. The Balaban J connectivity index is 1.68. The van der Waals surface area contributed by atoms with Crippen LogP contribution in [0.2, 0.25) is 0 Å². The first-order valence-corrected chi connectivity index (χ1v) is 6.57. The van der Waals surface area contributed by atoms with Gasteiger partial charge < -0.3 is 9.84 Å². The van der Waals surface area contributed by atoms with Crippen LogP contribution in [0.3, 0.4) is 0 Å². The van der Waals surface area contributed by atoms with Crippen LogP contribution in [0.5, 0.6) is 0 Å². The van der Waals surface area contributed by atoms with Gasteiger partial charge in [-0.15, -0.1) is 0 Å². The van der Waals surface area contributed by atoms with Gasteiger partial charge in [0.1, 0.15) is 0 Å². The fourth-order valence-electron chi connectivity index (χ4n) is 2.74. The maximum atomic E-state index is 10.9. The summed E-state index contributed by atoms with van der Waals surface area (Å²) < 4.78 is 5.17. The van der Waals surface area contributed by atoms with Crippen LogP contribution in [0, 0.1) is 5.92 Å². The number of aliphatic carboxylic acids is 1. The maximum absolute atomic E-state index is 10.9. The minimum atomic E-state index is -0.691. The Morgan fingerprint density at radius 3 is 2.39 bits per heavy atom. The molecule has 2 aliphatic rings. The maximum Gasteiger partial charge on any atom is 0.304 e. The van der Waals surface area contributed by atoms with E-state index in [1.54, 1.807) is 0 Å². The fraction of sp³-hybridized carbons (Fsp3) is 0.533. The van der Waals surface area contributed by atoms with Crippen LogP contribution in [0.15, 0.2) is 24.3 Å². The van der Waals surface area contributed by atoms with Crippen molar-refractivity contribution in [3.63, 3.8) is 0 Å². The highest BCUT2D eigenvalue weighted by molar-refractivity contribution is 5.70. The summed E-state index contributed by atoms with van der Waals surface area (Å²) in [5.74, 6) is -0.0204. The molecule has 1 saturated heterocycles. The lowest BCUT2D eigenvalue weighted by Crippen LogP contribution is -2.29. The average molecular weight is 246 g/mol. The van der Waals surface area contributed by atoms with Crippen molar-refractivity contribution in [3.8, 4) is 0 Å². The zero-order chi connectivity index (χ0) is 12.6. The average Bonchev–Trinajstić information content (AvgIpc) is 3.04. The molecule has 18 heavy (non-hydrogen) atoms. The molecular formula is C15H18O3. The molecule has 0 aromatic heterocycles. The highest BCUT2D eigenvalue weighted by Gasteiger charge is 2.45. The highest BCUT2D eigenvalue weighted by Crippen LogP contribution is 2.51. The third kappa shape index (κ3) is 2.27. The lowest BCUT2D eigenvalue weighted by atomic mass is 9.90. The van der Waals surface area contributed by atoms with E-state index in [0.29, 0.717) is 5.92 Å². The van der Waals surface area contributed by atoms with Gasteiger partial charge in [0.05, 0.1) is 19.6 Å². The van der Waals surface area contributed by atoms with Crippen LogP contribution in [0.4, 0.5) is 0 Å². The molecular weight excluding hydrogens is 228 g/mol. The van der Waals surface area contributed by atoms with Crippen molar-refractivity contribution in [2.45, 2.75) is 31.1 Å². The molecule has 1 aromatic rings. The fourth-order valence-corrected chi connectivity index (χ4v) is 2.74. The van der Waals surface area contributed by atoms with E-state index in [0.717, 1.165) is 32.5 Å². The summed E-state index contributed by atoms with van der Waals surface area (Å²) in [6.07, 6.45) is 3.36. The minimum absolute atomic E-state index is 0.0655. The number of carbonyl (C=O) groups is 1. The van der Waals surface area contributed by atoms with Gasteiger partial charge in [-0.05, 0) is 30.4 Å². The zero-order valence-electron chi connectivity index (χ0n) is 10.4. The summed E-state index contributed by atoms with van der Waals surface area (Å²) in [6, 6.07) is 8.53. The molecule has 0 bridgehead atoms. The monoisotopic (exact) mass is 246 g/mol. The third-order valence-electron chi connectivity index (χ3n) is 4.14. The number of carboxylic acid groups (broad SMARTS) is 1. The van der Waals surface area contributed by atoms with Crippen molar-refractivity contribution >= 4 is 5.97 Å². The molecule has 0 unspecified atom stereocenters. The SMILES string of the molecule is O=C(O)CC1(c2ccc(CC3COC3)cc2)CC1. The van der Waals surface area contributed by atoms with Gasteiger partial charge in [-0.25, -0.2) is 0 Å². The van der Waals surface area contributed by atoms with E-state index in [1.165, 1.54) is 11.1 Å². The molecule has 1 N–H and O–H groups in total. The van der Waals surface area contributed by atoms with Crippen molar-refractivity contribution in [2.75, 3.05) is 13.2 Å². The predicted molar refractivity (Wildman–Crippen MR) is 67.6 cm³/mol. The number of rotatable bonds is 5. The van der Waals surface area contributed by atoms with Gasteiger partial charge >= 0.3 is 5.97 Å². The Kier molecular flexibility index (Phi) is 2.86. The second kappa shape index (κ2) is 4.39. The summed E-state index contributed by atoms with van der Waals surface area (Å²) in [5, 5.41) is 8.95. The molecule has 3 nitrogen and oxygen atoms in total. The lowest BCUT2D eigenvalue weighted by Gasteiger charge is -2.26. The van der Waals surface area contributed by atoms with Crippen molar-refractivity contribution in [2.24, 2.45) is 5.92 Å². The molecule has 96 valence electrons. The number of hydrogen-bond donors (Lipinski definition) is 1. The smallest absolute Gasteiger partial charge is 0.304 e. The van der Waals surface area contributed by atoms with E-state index in [-0.39, 0.29) is 11.8 Å². The highest BCUT2D eigenvalue weighted by atomic mass is 16.5. The van der Waals surface area contributed by atoms with E-state index in [4.69, 9.17) is 9.84 Å². The van der Waals surface area contributed by atoms with E-state index < -0.39 is 5.97 Å². The lowest BCUT2D eigenvalue weighted by molar-refractivity contribution is -0.137. The molecule has 3 heteroatoms. The Labute approximate surface area is 107 Å². The second-order valence-electron chi connectivity index (χ2n) is 5.66. The third-order valence-corrected chi connectivity index (χ3v) is 4.14. The topological polar surface area (TPSA) is 46.5 Å². The largest absolute Gasteiger partial charge is 0.481 e. The standard InChI is InChI=1S/C15H18O3/c16-14(17)8-15(5-6-15)13-3-1-11(2-4-13)7-12-9-18-10-12/h1-4,12H,5-10H2,(H,16,17). The van der Waals surface area contributed by atoms with Crippen molar-refractivity contribution in [1.82, 2.24) is 0 Å². The minimum Gasteiger partial charge on any atom is -0.481 e. The molecule has 1 aromatic carbocycles. The summed E-state index contributed by atoms with van der Waals surface area (Å²) in [4.78, 5) is 10.9. The first kappa shape index (κ1) is 11.7. The van der Waals surface area contributed by atoms with E-state index in [1.807, 2.05) is 0 Å². The summed E-state index contributed by atoms with van der Waals surface area (Å²) in [5.41, 5.74) is 2.46. The van der Waals surface area contributed by atoms with E-state index >= 15 is 0 Å². The number of hydrogen-bond acceptors (Lipinski definition) is 2. The summed E-state index contributed by atoms with van der Waals surface area (Å²) >= 11 is 0. The van der Waals surface area contributed by atoms with Gasteiger partial charge in [-0.2, -0.15) is 0 Å². The number of benzene rings is 1. The van der Waals surface area contributed by atoms with Gasteiger partial charge in [0.25, 0.3) is 0 Å². The number of ether oxygens (including phenoxy) is 1. The van der Waals surface area contributed by atoms with Crippen LogP contribution in [-0.2, 0) is 21.4 Å². The second-order valence-corrected chi connectivity index (χ2v) is 5.66. The van der Waals surface area contributed by atoms with Gasteiger partial charge in [-0.3, -0.25) is 4.79 Å². The van der Waals surface area contributed by atoms with E-state index in [2.05, 4.69) is 24.3 Å². The first-order chi connectivity index (χ1) is 8.68. The van der Waals surface area contributed by atoms with Gasteiger partial charge in [-0.1, -0.05) is 24.3 Å². The molecule has 0 atom stereocenters. The van der Waals surface area contributed by atoms with Crippen molar-refractivity contribution in [1.29, 1.82) is 0 Å². The van der Waals surface area contributed by atoms with Gasteiger partial charge in [0, 0.05) is 11.3 Å². The van der Waals surface area contributed by atoms with Crippen LogP contribution >= 0.6 is 0 Å². The molecule has 1 heterocycles. The van der Waals surface area contributed by atoms with Crippen LogP contribution in [0.1, 0.15) is 30.4 Å². The quantitative estimate of drug-likeness (QED) is 0.867. The molecule has 1 aliphatic heterocycles. The van der Waals surface area contributed by atoms with Crippen LogP contribution < -0.4 is 0 Å². The molecule has 0 radical (unpaired) electrons. The normalized spacial score (nSPS) is 21.3. The van der Waals surface area contributed by atoms with E-state index in [9.17, 15) is 4.79 Å². The predicted octanol–water partition coefficient (Wildman–Crippen LogP) is 2.38. The Morgan fingerprint density at radius 2 is 1.94 bits per heavy atom. The molecule has 0 spiro atoms. The van der Waals surface area contributed by atoms with Crippen LogP contribution in [0.25, 0.3) is 0 Å². The molecule has 2 fully saturated rings. The molecule has 1 saturated carbocycles. The number of carboxylic acids is 1. The Morgan fingerprint density at radius 1 is 1.28 bits per heavy atom. The Bertz CT molecular complexity index is 441. The summed E-state index contributed by atoms with van der Waals surface area (Å²) in [7, 11) is 0. The zero-order valence-corrected chi connectivity index (χ0v) is 10.4. The van der Waals surface area contributed by atoms with Crippen molar-refractivity contribution < 1.29 is 14.6 Å². The molecule has 1 aliphatic carbocycles. The summed E-state index contributed by atoms with van der Waals surface area (Å²) in [6.45, 7) is 1.76. The van der Waals surface area contributed by atoms with Crippen molar-refractivity contribution in [3.05, 3.63) is 35.4 Å². The van der Waals surface area contributed by atoms with Crippen LogP contribution in [-0.4, -0.2) is 24.3 Å².